The van der Waals surface area contributed by atoms with Gasteiger partial charge in [0.05, 0.1) is 12.6 Å². The Morgan fingerprint density at radius 3 is 2.84 bits per heavy atom. The summed E-state index contributed by atoms with van der Waals surface area (Å²) < 4.78 is 7.08. The van der Waals surface area contributed by atoms with E-state index in [0.717, 1.165) is 5.56 Å². The first kappa shape index (κ1) is 17.4. The third kappa shape index (κ3) is 3.52. The standard InChI is InChI=1S/C18H16N2O3S2/c1-3-10-20-16(21)15-13(9-11-24-15)19-18(20)25-14(17(22)23-2)12-7-5-4-6-8-12/h3-9,11,14H,1,10H2,2H3/t14-/m0/s1. The molecule has 0 saturated carbocycles. The monoisotopic (exact) mass is 372 g/mol. The second-order valence-electron chi connectivity index (χ2n) is 5.17. The summed E-state index contributed by atoms with van der Waals surface area (Å²) in [5, 5.41) is 1.70. The topological polar surface area (TPSA) is 61.2 Å². The lowest BCUT2D eigenvalue weighted by molar-refractivity contribution is -0.140. The molecule has 0 amide bonds. The molecular formula is C18H16N2O3S2. The van der Waals surface area contributed by atoms with Gasteiger partial charge in [0.1, 0.15) is 9.95 Å². The molecule has 0 aliphatic rings. The normalized spacial score (nSPS) is 12.0. The van der Waals surface area contributed by atoms with E-state index in [0.29, 0.717) is 21.9 Å². The predicted molar refractivity (Wildman–Crippen MR) is 101 cm³/mol. The second kappa shape index (κ2) is 7.67. The molecule has 5 nitrogen and oxygen atoms in total. The van der Waals surface area contributed by atoms with Crippen molar-refractivity contribution in [2.24, 2.45) is 0 Å². The summed E-state index contributed by atoms with van der Waals surface area (Å²) in [7, 11) is 1.35. The number of thiophene rings is 1. The minimum absolute atomic E-state index is 0.126. The molecule has 1 atom stereocenters. The first-order valence-electron chi connectivity index (χ1n) is 7.54. The first-order valence-corrected chi connectivity index (χ1v) is 9.30. The summed E-state index contributed by atoms with van der Waals surface area (Å²) in [6, 6.07) is 11.1. The van der Waals surface area contributed by atoms with Crippen LogP contribution in [0.4, 0.5) is 0 Å². The van der Waals surface area contributed by atoms with E-state index in [1.165, 1.54) is 34.8 Å². The molecule has 0 saturated heterocycles. The lowest BCUT2D eigenvalue weighted by atomic mass is 10.1. The average Bonchev–Trinajstić information content (AvgIpc) is 3.11. The number of esters is 1. The smallest absolute Gasteiger partial charge is 0.323 e. The van der Waals surface area contributed by atoms with E-state index in [9.17, 15) is 9.59 Å². The number of benzene rings is 1. The summed E-state index contributed by atoms with van der Waals surface area (Å²) in [6.45, 7) is 4.03. The number of hydrogen-bond acceptors (Lipinski definition) is 6. The highest BCUT2D eigenvalue weighted by molar-refractivity contribution is 8.00. The number of allylic oxidation sites excluding steroid dienone is 1. The van der Waals surface area contributed by atoms with Crippen molar-refractivity contribution in [2.75, 3.05) is 7.11 Å². The number of carbonyl (C=O) groups excluding carboxylic acids is 1. The van der Waals surface area contributed by atoms with Crippen LogP contribution in [-0.2, 0) is 16.1 Å². The zero-order chi connectivity index (χ0) is 17.8. The van der Waals surface area contributed by atoms with Crippen LogP contribution < -0.4 is 5.56 Å². The minimum atomic E-state index is -0.606. The average molecular weight is 372 g/mol. The van der Waals surface area contributed by atoms with Gasteiger partial charge in [-0.1, -0.05) is 48.2 Å². The number of methoxy groups -OCH3 is 1. The van der Waals surface area contributed by atoms with Crippen LogP contribution >= 0.6 is 23.1 Å². The van der Waals surface area contributed by atoms with Gasteiger partial charge in [0.15, 0.2) is 5.16 Å². The third-order valence-corrected chi connectivity index (χ3v) is 5.70. The minimum Gasteiger partial charge on any atom is -0.468 e. The fourth-order valence-corrected chi connectivity index (χ4v) is 4.31. The van der Waals surface area contributed by atoms with Crippen LogP contribution in [0, 0.1) is 0 Å². The van der Waals surface area contributed by atoms with Gasteiger partial charge in [0.25, 0.3) is 5.56 Å². The predicted octanol–water partition coefficient (Wildman–Crippen LogP) is 3.65. The lowest BCUT2D eigenvalue weighted by Crippen LogP contribution is -2.23. The number of nitrogens with zero attached hydrogens (tertiary/aromatic N) is 2. The first-order chi connectivity index (χ1) is 12.2. The molecule has 2 aromatic heterocycles. The molecule has 2 heterocycles. The van der Waals surface area contributed by atoms with Gasteiger partial charge in [-0.05, 0) is 17.0 Å². The molecule has 0 unspecified atom stereocenters. The van der Waals surface area contributed by atoms with Gasteiger partial charge in [0, 0.05) is 6.54 Å². The molecule has 0 fully saturated rings. The largest absolute Gasteiger partial charge is 0.468 e. The van der Waals surface area contributed by atoms with Crippen molar-refractivity contribution in [2.45, 2.75) is 17.0 Å². The molecule has 3 rings (SSSR count). The van der Waals surface area contributed by atoms with Crippen molar-refractivity contribution in [1.29, 1.82) is 0 Å². The molecule has 25 heavy (non-hydrogen) atoms. The second-order valence-corrected chi connectivity index (χ2v) is 7.15. The summed E-state index contributed by atoms with van der Waals surface area (Å²) in [5.41, 5.74) is 1.30. The Balaban J connectivity index is 2.10. The van der Waals surface area contributed by atoms with E-state index in [1.54, 1.807) is 12.1 Å². The summed E-state index contributed by atoms with van der Waals surface area (Å²) in [6.07, 6.45) is 1.64. The molecule has 3 aromatic rings. The molecule has 0 N–H and O–H groups in total. The Morgan fingerprint density at radius 2 is 2.16 bits per heavy atom. The quantitative estimate of drug-likeness (QED) is 0.286. The van der Waals surface area contributed by atoms with E-state index in [2.05, 4.69) is 11.6 Å². The van der Waals surface area contributed by atoms with Crippen molar-refractivity contribution in [1.82, 2.24) is 9.55 Å². The Kier molecular flexibility index (Phi) is 5.35. The molecule has 7 heteroatoms. The van der Waals surface area contributed by atoms with Gasteiger partial charge in [-0.2, -0.15) is 0 Å². The molecule has 128 valence electrons. The highest BCUT2D eigenvalue weighted by Gasteiger charge is 2.25. The Hall–Kier alpha value is -2.38. The van der Waals surface area contributed by atoms with Crippen LogP contribution in [0.5, 0.6) is 0 Å². The van der Waals surface area contributed by atoms with Crippen LogP contribution in [0.3, 0.4) is 0 Å². The Bertz CT molecular complexity index is 963. The van der Waals surface area contributed by atoms with Gasteiger partial charge in [-0.25, -0.2) is 4.98 Å². The number of fused-ring (bicyclic) bond motifs is 1. The van der Waals surface area contributed by atoms with E-state index in [1.807, 2.05) is 35.7 Å². The van der Waals surface area contributed by atoms with Gasteiger partial charge in [0.2, 0.25) is 0 Å². The maximum atomic E-state index is 12.7. The van der Waals surface area contributed by atoms with E-state index in [4.69, 9.17) is 4.74 Å². The van der Waals surface area contributed by atoms with E-state index >= 15 is 0 Å². The summed E-state index contributed by atoms with van der Waals surface area (Å²) in [5.74, 6) is -0.388. The van der Waals surface area contributed by atoms with Gasteiger partial charge < -0.3 is 4.74 Å². The SMILES string of the molecule is C=CCn1c(S[C@H](C(=O)OC)c2ccccc2)nc2ccsc2c1=O. The summed E-state index contributed by atoms with van der Waals surface area (Å²) >= 11 is 2.57. The Morgan fingerprint density at radius 1 is 1.40 bits per heavy atom. The fourth-order valence-electron chi connectivity index (χ4n) is 2.40. The molecule has 0 aliphatic carbocycles. The molecular weight excluding hydrogens is 356 g/mol. The van der Waals surface area contributed by atoms with Crippen molar-refractivity contribution in [3.05, 3.63) is 70.4 Å². The van der Waals surface area contributed by atoms with Crippen molar-refractivity contribution < 1.29 is 9.53 Å². The molecule has 0 radical (unpaired) electrons. The van der Waals surface area contributed by atoms with Crippen LogP contribution in [0.2, 0.25) is 0 Å². The van der Waals surface area contributed by atoms with Crippen LogP contribution in [0.15, 0.2) is 64.4 Å². The third-order valence-electron chi connectivity index (χ3n) is 3.58. The van der Waals surface area contributed by atoms with Gasteiger partial charge in [-0.3, -0.25) is 14.2 Å². The van der Waals surface area contributed by atoms with Crippen molar-refractivity contribution >= 4 is 39.3 Å². The maximum Gasteiger partial charge on any atom is 0.323 e. The maximum absolute atomic E-state index is 12.7. The highest BCUT2D eigenvalue weighted by Crippen LogP contribution is 2.35. The van der Waals surface area contributed by atoms with Crippen molar-refractivity contribution in [3.63, 3.8) is 0 Å². The number of ether oxygens (including phenoxy) is 1. The van der Waals surface area contributed by atoms with Crippen LogP contribution in [0.1, 0.15) is 10.8 Å². The van der Waals surface area contributed by atoms with Crippen LogP contribution in [0.25, 0.3) is 10.2 Å². The molecule has 0 spiro atoms. The molecule has 1 aromatic carbocycles. The van der Waals surface area contributed by atoms with E-state index < -0.39 is 5.25 Å². The molecule has 0 aliphatic heterocycles. The highest BCUT2D eigenvalue weighted by atomic mass is 32.2. The summed E-state index contributed by atoms with van der Waals surface area (Å²) in [4.78, 5) is 29.6. The van der Waals surface area contributed by atoms with Gasteiger partial charge >= 0.3 is 5.97 Å². The fraction of sp³-hybridized carbons (Fsp3) is 0.167. The van der Waals surface area contributed by atoms with Gasteiger partial charge in [-0.15, -0.1) is 17.9 Å². The Labute approximate surface area is 153 Å². The molecule has 0 bridgehead atoms. The zero-order valence-corrected chi connectivity index (χ0v) is 15.2. The lowest BCUT2D eigenvalue weighted by Gasteiger charge is -2.16. The zero-order valence-electron chi connectivity index (χ0n) is 13.5. The number of rotatable bonds is 6. The number of thioether (sulfide) groups is 1. The van der Waals surface area contributed by atoms with Crippen molar-refractivity contribution in [3.8, 4) is 0 Å². The van der Waals surface area contributed by atoms with Crippen LogP contribution in [-0.4, -0.2) is 22.6 Å². The van der Waals surface area contributed by atoms with E-state index in [-0.39, 0.29) is 11.5 Å². The number of carbonyl (C=O) groups is 1. The number of aromatic nitrogens is 2. The number of hydrogen-bond donors (Lipinski definition) is 0.